The van der Waals surface area contributed by atoms with Gasteiger partial charge in [0.2, 0.25) is 0 Å². The Bertz CT molecular complexity index is 1130. The van der Waals surface area contributed by atoms with Crippen molar-refractivity contribution in [2.45, 2.75) is 52.0 Å². The van der Waals surface area contributed by atoms with Crippen LogP contribution < -0.4 is 4.90 Å². The van der Waals surface area contributed by atoms with Crippen molar-refractivity contribution in [2.75, 3.05) is 24.5 Å². The molecule has 0 radical (unpaired) electrons. The fraction of sp³-hybridized carbons (Fsp3) is 0.458. The van der Waals surface area contributed by atoms with Crippen molar-refractivity contribution >= 4 is 17.4 Å². The SMILES string of the molecule is Cc1ccc(C(=O)N2CCCC[C@H]2c2cc3nc(N4CCCC4)c(C)cn3n2)c(O)c1. The second kappa shape index (κ2) is 7.87. The summed E-state index contributed by atoms with van der Waals surface area (Å²) in [4.78, 5) is 22.4. The molecule has 1 aromatic carbocycles. The number of hydrogen-bond donors (Lipinski definition) is 1. The van der Waals surface area contributed by atoms with Gasteiger partial charge in [0.1, 0.15) is 11.6 Å². The Morgan fingerprint density at radius 2 is 1.84 bits per heavy atom. The Morgan fingerprint density at radius 3 is 2.61 bits per heavy atom. The lowest BCUT2D eigenvalue weighted by atomic mass is 9.98. The van der Waals surface area contributed by atoms with E-state index >= 15 is 0 Å². The molecule has 7 heteroatoms. The Morgan fingerprint density at radius 1 is 1.06 bits per heavy atom. The number of carbonyl (C=O) groups excluding carboxylic acids is 1. The van der Waals surface area contributed by atoms with Gasteiger partial charge in [0.25, 0.3) is 5.91 Å². The summed E-state index contributed by atoms with van der Waals surface area (Å²) in [5.74, 6) is 0.940. The highest BCUT2D eigenvalue weighted by Gasteiger charge is 2.32. The van der Waals surface area contributed by atoms with Crippen molar-refractivity contribution in [1.29, 1.82) is 0 Å². The van der Waals surface area contributed by atoms with Crippen LogP contribution in [-0.2, 0) is 0 Å². The van der Waals surface area contributed by atoms with Gasteiger partial charge in [0.05, 0.1) is 17.3 Å². The van der Waals surface area contributed by atoms with Crippen molar-refractivity contribution in [3.63, 3.8) is 0 Å². The third-order valence-corrected chi connectivity index (χ3v) is 6.52. The predicted octanol–water partition coefficient (Wildman–Crippen LogP) is 4.02. The lowest BCUT2D eigenvalue weighted by molar-refractivity contribution is 0.0602. The molecule has 2 aliphatic heterocycles. The minimum Gasteiger partial charge on any atom is -0.507 e. The van der Waals surface area contributed by atoms with Crippen LogP contribution in [0, 0.1) is 13.8 Å². The quantitative estimate of drug-likeness (QED) is 0.694. The van der Waals surface area contributed by atoms with Crippen LogP contribution in [0.25, 0.3) is 5.65 Å². The molecule has 1 N–H and O–H groups in total. The van der Waals surface area contributed by atoms with Gasteiger partial charge in [-0.25, -0.2) is 9.50 Å². The molecule has 1 atom stereocenters. The van der Waals surface area contributed by atoms with E-state index in [0.29, 0.717) is 12.1 Å². The van der Waals surface area contributed by atoms with E-state index in [2.05, 4.69) is 11.8 Å². The zero-order chi connectivity index (χ0) is 21.5. The average molecular weight is 420 g/mol. The number of likely N-dealkylation sites (tertiary alicyclic amines) is 1. The van der Waals surface area contributed by atoms with Crippen LogP contribution in [0.15, 0.2) is 30.5 Å². The van der Waals surface area contributed by atoms with Crippen molar-refractivity contribution in [3.05, 3.63) is 52.8 Å². The van der Waals surface area contributed by atoms with E-state index < -0.39 is 0 Å². The summed E-state index contributed by atoms with van der Waals surface area (Å²) in [6.45, 7) is 6.75. The van der Waals surface area contributed by atoms with Crippen molar-refractivity contribution in [2.24, 2.45) is 0 Å². The van der Waals surface area contributed by atoms with Crippen molar-refractivity contribution in [3.8, 4) is 5.75 Å². The molecule has 4 heterocycles. The fourth-order valence-electron chi connectivity index (χ4n) is 4.89. The highest BCUT2D eigenvalue weighted by molar-refractivity contribution is 5.97. The van der Waals surface area contributed by atoms with Crippen LogP contribution in [0.4, 0.5) is 5.82 Å². The van der Waals surface area contributed by atoms with Gasteiger partial charge in [0.15, 0.2) is 5.65 Å². The lowest BCUT2D eigenvalue weighted by Gasteiger charge is -2.35. The number of aryl methyl sites for hydroxylation is 2. The largest absolute Gasteiger partial charge is 0.507 e. The van der Waals surface area contributed by atoms with Crippen LogP contribution >= 0.6 is 0 Å². The molecule has 0 spiro atoms. The number of anilines is 1. The maximum absolute atomic E-state index is 13.3. The molecule has 7 nitrogen and oxygen atoms in total. The van der Waals surface area contributed by atoms with Crippen molar-refractivity contribution in [1.82, 2.24) is 19.5 Å². The third-order valence-electron chi connectivity index (χ3n) is 6.52. The summed E-state index contributed by atoms with van der Waals surface area (Å²) in [5.41, 5.74) is 4.08. The number of phenols is 1. The molecule has 2 fully saturated rings. The van der Waals surface area contributed by atoms with Gasteiger partial charge >= 0.3 is 0 Å². The Kier molecular flexibility index (Phi) is 5.04. The van der Waals surface area contributed by atoms with E-state index in [4.69, 9.17) is 10.1 Å². The number of amides is 1. The van der Waals surface area contributed by atoms with Crippen LogP contribution in [0.2, 0.25) is 0 Å². The Balaban J connectivity index is 1.49. The first-order valence-electron chi connectivity index (χ1n) is 11.2. The minimum atomic E-state index is -0.138. The second-order valence-corrected chi connectivity index (χ2v) is 8.84. The third kappa shape index (κ3) is 3.62. The van der Waals surface area contributed by atoms with Gasteiger partial charge in [0, 0.05) is 37.5 Å². The molecule has 2 aromatic heterocycles. The normalized spacial score (nSPS) is 19.4. The molecule has 0 aliphatic carbocycles. The number of fused-ring (bicyclic) bond motifs is 1. The number of carbonyl (C=O) groups is 1. The molecular weight excluding hydrogens is 390 g/mol. The number of rotatable bonds is 3. The molecule has 3 aromatic rings. The molecule has 162 valence electrons. The molecule has 2 aliphatic rings. The van der Waals surface area contributed by atoms with Crippen LogP contribution in [0.3, 0.4) is 0 Å². The maximum atomic E-state index is 13.3. The smallest absolute Gasteiger partial charge is 0.258 e. The van der Waals surface area contributed by atoms with E-state index in [1.54, 1.807) is 12.1 Å². The van der Waals surface area contributed by atoms with Gasteiger partial charge < -0.3 is 14.9 Å². The van der Waals surface area contributed by atoms with Gasteiger partial charge in [-0.05, 0) is 63.6 Å². The predicted molar refractivity (Wildman–Crippen MR) is 120 cm³/mol. The van der Waals surface area contributed by atoms with Gasteiger partial charge in [-0.1, -0.05) is 6.07 Å². The molecule has 1 amide bonds. The standard InChI is InChI=1S/C24H29N5O2/c1-16-8-9-18(21(30)13-16)24(31)28-12-4-3-7-20(28)19-14-22-25-23(27-10-5-6-11-27)17(2)15-29(22)26-19/h8-9,13-15,20,30H,3-7,10-12H2,1-2H3/t20-/m0/s1. The number of aromatic hydroxyl groups is 1. The summed E-state index contributed by atoms with van der Waals surface area (Å²) in [7, 11) is 0. The first-order valence-corrected chi connectivity index (χ1v) is 11.2. The minimum absolute atomic E-state index is 0.0388. The van der Waals surface area contributed by atoms with Gasteiger partial charge in [-0.15, -0.1) is 0 Å². The number of nitrogens with zero attached hydrogens (tertiary/aromatic N) is 5. The summed E-state index contributed by atoms with van der Waals surface area (Å²) in [6.07, 6.45) is 7.33. The molecule has 31 heavy (non-hydrogen) atoms. The molecule has 5 rings (SSSR count). The highest BCUT2D eigenvalue weighted by atomic mass is 16.3. The molecule has 2 saturated heterocycles. The number of hydrogen-bond acceptors (Lipinski definition) is 5. The lowest BCUT2D eigenvalue weighted by Crippen LogP contribution is -2.38. The number of benzene rings is 1. The molecule has 0 saturated carbocycles. The maximum Gasteiger partial charge on any atom is 0.258 e. The van der Waals surface area contributed by atoms with Gasteiger partial charge in [-0.3, -0.25) is 4.79 Å². The van der Waals surface area contributed by atoms with E-state index in [1.165, 1.54) is 12.8 Å². The topological polar surface area (TPSA) is 74.0 Å². The summed E-state index contributed by atoms with van der Waals surface area (Å²) < 4.78 is 1.84. The number of phenolic OH excluding ortho intramolecular Hbond substituents is 1. The summed E-state index contributed by atoms with van der Waals surface area (Å²) >= 11 is 0. The Hall–Kier alpha value is -3.09. The molecular formula is C24H29N5O2. The van der Waals surface area contributed by atoms with E-state index in [0.717, 1.165) is 60.6 Å². The van der Waals surface area contributed by atoms with Crippen molar-refractivity contribution < 1.29 is 9.90 Å². The fourth-order valence-corrected chi connectivity index (χ4v) is 4.89. The Labute approximate surface area is 182 Å². The van der Waals surface area contributed by atoms with E-state index in [9.17, 15) is 9.90 Å². The molecule has 0 bridgehead atoms. The summed E-state index contributed by atoms with van der Waals surface area (Å²) in [5, 5.41) is 15.2. The summed E-state index contributed by atoms with van der Waals surface area (Å²) in [6, 6.07) is 7.13. The first-order chi connectivity index (χ1) is 15.0. The zero-order valence-electron chi connectivity index (χ0n) is 18.2. The highest BCUT2D eigenvalue weighted by Crippen LogP contribution is 2.34. The number of piperidine rings is 1. The second-order valence-electron chi connectivity index (χ2n) is 8.84. The number of aromatic nitrogens is 3. The van der Waals surface area contributed by atoms with E-state index in [1.807, 2.05) is 34.7 Å². The van der Waals surface area contributed by atoms with Crippen LogP contribution in [-0.4, -0.2) is 50.1 Å². The van der Waals surface area contributed by atoms with Crippen LogP contribution in [0.5, 0.6) is 5.75 Å². The molecule has 0 unspecified atom stereocenters. The van der Waals surface area contributed by atoms with E-state index in [-0.39, 0.29) is 17.7 Å². The van der Waals surface area contributed by atoms with Gasteiger partial charge in [-0.2, -0.15) is 5.10 Å². The first kappa shape index (κ1) is 19.8. The van der Waals surface area contributed by atoms with Crippen LogP contribution in [0.1, 0.15) is 65.3 Å². The zero-order valence-corrected chi connectivity index (χ0v) is 18.2. The average Bonchev–Trinajstić information content (AvgIpc) is 3.42. The monoisotopic (exact) mass is 419 g/mol.